The van der Waals surface area contributed by atoms with E-state index in [1.807, 2.05) is 0 Å². The molecule has 0 spiro atoms. The Hall–Kier alpha value is -1.12. The zero-order chi connectivity index (χ0) is 14.0. The molecule has 2 aromatic rings. The summed E-state index contributed by atoms with van der Waals surface area (Å²) in [6.07, 6.45) is 6.19. The van der Waals surface area contributed by atoms with Gasteiger partial charge in [-0.15, -0.1) is 0 Å². The Balaban J connectivity index is 1.71. The summed E-state index contributed by atoms with van der Waals surface area (Å²) in [5.74, 6) is 0. The van der Waals surface area contributed by atoms with Gasteiger partial charge in [-0.1, -0.05) is 37.3 Å². The Morgan fingerprint density at radius 2 is 1.85 bits per heavy atom. The molecule has 1 heterocycles. The minimum atomic E-state index is 0.656. The molecule has 20 heavy (non-hydrogen) atoms. The molecule has 0 bridgehead atoms. The lowest BCUT2D eigenvalue weighted by molar-refractivity contribution is 0.452. The summed E-state index contributed by atoms with van der Waals surface area (Å²) in [6, 6.07) is 13.7. The van der Waals surface area contributed by atoms with E-state index in [1.165, 1.54) is 43.2 Å². The van der Waals surface area contributed by atoms with Crippen LogP contribution in [0.2, 0.25) is 0 Å². The smallest absolute Gasteiger partial charge is 0.00702 e. The minimum Gasteiger partial charge on any atom is -0.314 e. The van der Waals surface area contributed by atoms with E-state index in [9.17, 15) is 0 Å². The van der Waals surface area contributed by atoms with Crippen LogP contribution in [0.15, 0.2) is 47.2 Å². The molecule has 1 N–H and O–H groups in total. The van der Waals surface area contributed by atoms with Gasteiger partial charge in [-0.3, -0.25) is 0 Å². The molecule has 0 saturated carbocycles. The van der Waals surface area contributed by atoms with Gasteiger partial charge in [-0.25, -0.2) is 0 Å². The highest BCUT2D eigenvalue weighted by Crippen LogP contribution is 2.13. The summed E-state index contributed by atoms with van der Waals surface area (Å²) in [5.41, 5.74) is 2.95. The van der Waals surface area contributed by atoms with Crippen LogP contribution in [0.5, 0.6) is 0 Å². The van der Waals surface area contributed by atoms with Gasteiger partial charge in [0.2, 0.25) is 0 Å². The monoisotopic (exact) mass is 287 g/mol. The maximum Gasteiger partial charge on any atom is 0.00702 e. The molecule has 1 atom stereocenters. The van der Waals surface area contributed by atoms with E-state index >= 15 is 0 Å². The van der Waals surface area contributed by atoms with Gasteiger partial charge in [0, 0.05) is 6.04 Å². The van der Waals surface area contributed by atoms with Crippen molar-refractivity contribution < 1.29 is 0 Å². The third-order valence-electron chi connectivity index (χ3n) is 3.72. The van der Waals surface area contributed by atoms with Crippen LogP contribution in [0.3, 0.4) is 0 Å². The number of aryl methyl sites for hydroxylation is 2. The molecular formula is C18H25NS. The van der Waals surface area contributed by atoms with Crippen LogP contribution < -0.4 is 5.32 Å². The maximum atomic E-state index is 3.63. The van der Waals surface area contributed by atoms with Crippen LogP contribution in [0.4, 0.5) is 0 Å². The molecule has 2 rings (SSSR count). The van der Waals surface area contributed by atoms with Crippen molar-refractivity contribution in [3.8, 4) is 0 Å². The van der Waals surface area contributed by atoms with E-state index < -0.39 is 0 Å². The highest BCUT2D eigenvalue weighted by atomic mass is 32.1. The first-order valence-electron chi connectivity index (χ1n) is 7.67. The zero-order valence-electron chi connectivity index (χ0n) is 12.3. The van der Waals surface area contributed by atoms with Crippen LogP contribution in [0.1, 0.15) is 37.3 Å². The van der Waals surface area contributed by atoms with Crippen molar-refractivity contribution in [2.45, 2.75) is 45.1 Å². The highest BCUT2D eigenvalue weighted by Gasteiger charge is 2.07. The first-order valence-corrected chi connectivity index (χ1v) is 8.61. The van der Waals surface area contributed by atoms with E-state index in [-0.39, 0.29) is 0 Å². The Kier molecular flexibility index (Phi) is 6.82. The second-order valence-corrected chi connectivity index (χ2v) is 6.08. The quantitative estimate of drug-likeness (QED) is 0.706. The Morgan fingerprint density at radius 3 is 2.55 bits per heavy atom. The highest BCUT2D eigenvalue weighted by molar-refractivity contribution is 7.07. The standard InChI is InChI=1S/C18H25NS/c1-2-19-18(12-11-17-13-14-20-15-17)10-6-9-16-7-4-3-5-8-16/h3-5,7-8,13-15,18-19H,2,6,9-12H2,1H3. The number of nitrogens with one attached hydrogen (secondary N) is 1. The molecule has 108 valence electrons. The molecule has 0 saturated heterocycles. The van der Waals surface area contributed by atoms with Crippen LogP contribution in [-0.4, -0.2) is 12.6 Å². The van der Waals surface area contributed by atoms with Crippen molar-refractivity contribution in [1.29, 1.82) is 0 Å². The summed E-state index contributed by atoms with van der Waals surface area (Å²) in [7, 11) is 0. The molecule has 1 aromatic carbocycles. The summed E-state index contributed by atoms with van der Waals surface area (Å²) in [4.78, 5) is 0. The molecule has 0 aliphatic carbocycles. The molecule has 1 unspecified atom stereocenters. The van der Waals surface area contributed by atoms with Crippen molar-refractivity contribution in [2.24, 2.45) is 0 Å². The van der Waals surface area contributed by atoms with E-state index in [4.69, 9.17) is 0 Å². The maximum absolute atomic E-state index is 3.63. The van der Waals surface area contributed by atoms with Crippen LogP contribution in [-0.2, 0) is 12.8 Å². The molecule has 0 aliphatic rings. The van der Waals surface area contributed by atoms with E-state index in [1.54, 1.807) is 11.3 Å². The van der Waals surface area contributed by atoms with Crippen molar-refractivity contribution in [3.63, 3.8) is 0 Å². The van der Waals surface area contributed by atoms with Gasteiger partial charge in [0.1, 0.15) is 0 Å². The summed E-state index contributed by atoms with van der Waals surface area (Å²) >= 11 is 1.80. The average Bonchev–Trinajstić information content (AvgIpc) is 2.99. The SMILES string of the molecule is CCNC(CCCc1ccccc1)CCc1ccsc1. The van der Waals surface area contributed by atoms with Crippen molar-refractivity contribution in [3.05, 3.63) is 58.3 Å². The molecule has 1 nitrogen and oxygen atoms in total. The Labute approximate surface area is 127 Å². The molecule has 0 radical (unpaired) electrons. The first kappa shape index (κ1) is 15.3. The predicted molar refractivity (Wildman–Crippen MR) is 89.5 cm³/mol. The lowest BCUT2D eigenvalue weighted by Crippen LogP contribution is -2.29. The number of hydrogen-bond acceptors (Lipinski definition) is 2. The Morgan fingerprint density at radius 1 is 1.00 bits per heavy atom. The third-order valence-corrected chi connectivity index (χ3v) is 4.45. The van der Waals surface area contributed by atoms with Crippen LogP contribution >= 0.6 is 11.3 Å². The van der Waals surface area contributed by atoms with Gasteiger partial charge in [-0.05, 0) is 66.6 Å². The topological polar surface area (TPSA) is 12.0 Å². The van der Waals surface area contributed by atoms with Gasteiger partial charge in [-0.2, -0.15) is 11.3 Å². The van der Waals surface area contributed by atoms with E-state index in [0.29, 0.717) is 6.04 Å². The minimum absolute atomic E-state index is 0.656. The number of rotatable bonds is 9. The van der Waals surface area contributed by atoms with Crippen LogP contribution in [0.25, 0.3) is 0 Å². The predicted octanol–water partition coefficient (Wildman–Crippen LogP) is 4.68. The van der Waals surface area contributed by atoms with E-state index in [2.05, 4.69) is 59.4 Å². The summed E-state index contributed by atoms with van der Waals surface area (Å²) in [6.45, 7) is 3.27. The van der Waals surface area contributed by atoms with Crippen molar-refractivity contribution >= 4 is 11.3 Å². The van der Waals surface area contributed by atoms with Crippen molar-refractivity contribution in [2.75, 3.05) is 6.54 Å². The first-order chi connectivity index (χ1) is 9.88. The average molecular weight is 287 g/mol. The van der Waals surface area contributed by atoms with Gasteiger partial charge >= 0.3 is 0 Å². The molecule has 1 aromatic heterocycles. The largest absolute Gasteiger partial charge is 0.314 e. The number of benzene rings is 1. The molecule has 0 amide bonds. The van der Waals surface area contributed by atoms with Crippen LogP contribution in [0, 0.1) is 0 Å². The van der Waals surface area contributed by atoms with Gasteiger partial charge in [0.15, 0.2) is 0 Å². The van der Waals surface area contributed by atoms with E-state index in [0.717, 1.165) is 6.54 Å². The third kappa shape index (κ3) is 5.48. The molecular weight excluding hydrogens is 262 g/mol. The fraction of sp³-hybridized carbons (Fsp3) is 0.444. The second kappa shape index (κ2) is 8.93. The Bertz CT molecular complexity index is 450. The zero-order valence-corrected chi connectivity index (χ0v) is 13.2. The molecule has 2 heteroatoms. The van der Waals surface area contributed by atoms with Gasteiger partial charge in [0.25, 0.3) is 0 Å². The lowest BCUT2D eigenvalue weighted by atomic mass is 10.00. The molecule has 0 aliphatic heterocycles. The van der Waals surface area contributed by atoms with Crippen molar-refractivity contribution in [1.82, 2.24) is 5.32 Å². The fourth-order valence-electron chi connectivity index (χ4n) is 2.61. The summed E-state index contributed by atoms with van der Waals surface area (Å²) < 4.78 is 0. The molecule has 0 fully saturated rings. The number of thiophene rings is 1. The number of hydrogen-bond donors (Lipinski definition) is 1. The second-order valence-electron chi connectivity index (χ2n) is 5.30. The van der Waals surface area contributed by atoms with Gasteiger partial charge < -0.3 is 5.32 Å². The summed E-state index contributed by atoms with van der Waals surface area (Å²) in [5, 5.41) is 8.08. The fourth-order valence-corrected chi connectivity index (χ4v) is 3.31. The van der Waals surface area contributed by atoms with Gasteiger partial charge in [0.05, 0.1) is 0 Å². The lowest BCUT2D eigenvalue weighted by Gasteiger charge is -2.17. The normalized spacial score (nSPS) is 12.4.